The van der Waals surface area contributed by atoms with Gasteiger partial charge in [-0.2, -0.15) is 0 Å². The second-order valence-corrected chi connectivity index (χ2v) is 3.70. The van der Waals surface area contributed by atoms with Crippen LogP contribution in [0.5, 0.6) is 0 Å². The lowest BCUT2D eigenvalue weighted by Crippen LogP contribution is -1.99. The van der Waals surface area contributed by atoms with Crippen LogP contribution in [-0.2, 0) is 13.7 Å². The van der Waals surface area contributed by atoms with Gasteiger partial charge in [0.25, 0.3) is 0 Å². The molecule has 1 N–H and O–H groups in total. The minimum atomic E-state index is -0.128. The molecule has 0 aliphatic heterocycles. The van der Waals surface area contributed by atoms with Crippen molar-refractivity contribution in [2.45, 2.75) is 6.61 Å². The number of hydrogen-bond donors (Lipinski definition) is 1. The number of aryl methyl sites for hydroxylation is 1. The molecule has 2 heterocycles. The van der Waals surface area contributed by atoms with Gasteiger partial charge in [0.2, 0.25) is 0 Å². The summed E-state index contributed by atoms with van der Waals surface area (Å²) in [5, 5.41) is 16.9. The molecular formula is C8H8BrN5O. The van der Waals surface area contributed by atoms with Crippen molar-refractivity contribution in [3.63, 3.8) is 0 Å². The molecule has 0 radical (unpaired) electrons. The molecule has 2 rings (SSSR count). The van der Waals surface area contributed by atoms with Gasteiger partial charge < -0.3 is 5.11 Å². The summed E-state index contributed by atoms with van der Waals surface area (Å²) in [4.78, 5) is 8.17. The summed E-state index contributed by atoms with van der Waals surface area (Å²) in [5.41, 5.74) is 1.77. The van der Waals surface area contributed by atoms with Crippen molar-refractivity contribution >= 4 is 15.9 Å². The Kier molecular flexibility index (Phi) is 2.74. The first-order valence-electron chi connectivity index (χ1n) is 4.19. The van der Waals surface area contributed by atoms with Crippen molar-refractivity contribution in [1.29, 1.82) is 0 Å². The van der Waals surface area contributed by atoms with Gasteiger partial charge in [-0.15, -0.1) is 5.10 Å². The van der Waals surface area contributed by atoms with Crippen LogP contribution in [0.2, 0.25) is 0 Å². The maximum absolute atomic E-state index is 9.15. The maximum Gasteiger partial charge on any atom is 0.138 e. The molecule has 7 heteroatoms. The van der Waals surface area contributed by atoms with Gasteiger partial charge in [0.1, 0.15) is 16.0 Å². The molecule has 0 amide bonds. The highest BCUT2D eigenvalue weighted by molar-refractivity contribution is 9.10. The van der Waals surface area contributed by atoms with Crippen molar-refractivity contribution in [3.05, 3.63) is 22.7 Å². The quantitative estimate of drug-likeness (QED) is 0.861. The van der Waals surface area contributed by atoms with Gasteiger partial charge in [0.05, 0.1) is 24.7 Å². The molecule has 0 saturated carbocycles. The number of aliphatic hydroxyl groups is 1. The third kappa shape index (κ3) is 1.88. The zero-order valence-electron chi connectivity index (χ0n) is 7.92. The Morgan fingerprint density at radius 2 is 2.20 bits per heavy atom. The van der Waals surface area contributed by atoms with Crippen molar-refractivity contribution in [1.82, 2.24) is 25.0 Å². The fourth-order valence-electron chi connectivity index (χ4n) is 1.19. The lowest BCUT2D eigenvalue weighted by Gasteiger charge is -1.99. The van der Waals surface area contributed by atoms with E-state index in [4.69, 9.17) is 5.11 Å². The molecule has 0 aliphatic rings. The summed E-state index contributed by atoms with van der Waals surface area (Å²) in [6, 6.07) is 0. The molecule has 2 aromatic heterocycles. The van der Waals surface area contributed by atoms with E-state index in [-0.39, 0.29) is 6.61 Å². The van der Waals surface area contributed by atoms with E-state index in [1.807, 2.05) is 0 Å². The number of nitrogens with zero attached hydrogens (tertiary/aromatic N) is 5. The highest BCUT2D eigenvalue weighted by Crippen LogP contribution is 2.18. The number of halogens is 1. The topological polar surface area (TPSA) is 76.7 Å². The fourth-order valence-corrected chi connectivity index (χ4v) is 1.39. The van der Waals surface area contributed by atoms with E-state index >= 15 is 0 Å². The summed E-state index contributed by atoms with van der Waals surface area (Å²) in [6.45, 7) is -0.128. The predicted molar refractivity (Wildman–Crippen MR) is 55.7 cm³/mol. The first-order chi connectivity index (χ1) is 7.22. The third-order valence-corrected chi connectivity index (χ3v) is 2.37. The molecule has 0 bridgehead atoms. The van der Waals surface area contributed by atoms with Crippen LogP contribution < -0.4 is 0 Å². The van der Waals surface area contributed by atoms with Gasteiger partial charge >= 0.3 is 0 Å². The van der Waals surface area contributed by atoms with Gasteiger partial charge in [-0.3, -0.25) is 4.98 Å². The van der Waals surface area contributed by atoms with E-state index in [9.17, 15) is 0 Å². The largest absolute Gasteiger partial charge is 0.390 e. The van der Waals surface area contributed by atoms with Gasteiger partial charge in [0.15, 0.2) is 0 Å². The van der Waals surface area contributed by atoms with Crippen LogP contribution >= 0.6 is 15.9 Å². The van der Waals surface area contributed by atoms with Crippen molar-refractivity contribution in [2.75, 3.05) is 0 Å². The first kappa shape index (κ1) is 10.2. The van der Waals surface area contributed by atoms with Crippen LogP contribution in [0, 0.1) is 0 Å². The molecule has 15 heavy (non-hydrogen) atoms. The van der Waals surface area contributed by atoms with Crippen molar-refractivity contribution in [3.8, 4) is 11.4 Å². The minimum absolute atomic E-state index is 0.128. The average molecular weight is 270 g/mol. The van der Waals surface area contributed by atoms with E-state index < -0.39 is 0 Å². The molecule has 0 unspecified atom stereocenters. The summed E-state index contributed by atoms with van der Waals surface area (Å²) >= 11 is 3.19. The van der Waals surface area contributed by atoms with Gasteiger partial charge in [-0.1, -0.05) is 5.21 Å². The Morgan fingerprint density at radius 1 is 1.40 bits per heavy atom. The monoisotopic (exact) mass is 269 g/mol. The molecule has 78 valence electrons. The van der Waals surface area contributed by atoms with Crippen LogP contribution in [0.15, 0.2) is 17.0 Å². The maximum atomic E-state index is 9.15. The lowest BCUT2D eigenvalue weighted by atomic mass is 10.2. The minimum Gasteiger partial charge on any atom is -0.390 e. The second-order valence-electron chi connectivity index (χ2n) is 2.89. The van der Waals surface area contributed by atoms with E-state index in [0.717, 1.165) is 0 Å². The Labute approximate surface area is 94.1 Å². The normalized spacial score (nSPS) is 10.6. The highest BCUT2D eigenvalue weighted by atomic mass is 79.9. The zero-order valence-corrected chi connectivity index (χ0v) is 9.51. The Bertz CT molecular complexity index is 466. The SMILES string of the molecule is Cn1nnc(-c2cnc(Br)cn2)c1CO. The first-order valence-corrected chi connectivity index (χ1v) is 4.99. The molecule has 0 spiro atoms. The van der Waals surface area contributed by atoms with Crippen LogP contribution in [0.3, 0.4) is 0 Å². The van der Waals surface area contributed by atoms with E-state index in [1.165, 1.54) is 4.68 Å². The number of hydrogen-bond acceptors (Lipinski definition) is 5. The van der Waals surface area contributed by atoms with Crippen molar-refractivity contribution in [2.24, 2.45) is 7.05 Å². The standard InChI is InChI=1S/C8H8BrN5O/c1-14-6(4-15)8(12-13-14)5-2-11-7(9)3-10-5/h2-3,15H,4H2,1H3. The zero-order chi connectivity index (χ0) is 10.8. The Morgan fingerprint density at radius 3 is 2.80 bits per heavy atom. The van der Waals surface area contributed by atoms with E-state index in [2.05, 4.69) is 36.2 Å². The summed E-state index contributed by atoms with van der Waals surface area (Å²) in [5.74, 6) is 0. The van der Waals surface area contributed by atoms with E-state index in [1.54, 1.807) is 19.4 Å². The van der Waals surface area contributed by atoms with Crippen molar-refractivity contribution < 1.29 is 5.11 Å². The Hall–Kier alpha value is -1.34. The average Bonchev–Trinajstić information content (AvgIpc) is 2.61. The molecule has 0 atom stereocenters. The smallest absolute Gasteiger partial charge is 0.138 e. The molecule has 0 aromatic carbocycles. The molecule has 2 aromatic rings. The molecule has 0 saturated heterocycles. The van der Waals surface area contributed by atoms with Crippen LogP contribution in [0.1, 0.15) is 5.69 Å². The highest BCUT2D eigenvalue weighted by Gasteiger charge is 2.12. The predicted octanol–water partition coefficient (Wildman–Crippen LogP) is 0.527. The van der Waals surface area contributed by atoms with E-state index in [0.29, 0.717) is 21.7 Å². The third-order valence-electron chi connectivity index (χ3n) is 1.96. The number of aliphatic hydroxyl groups excluding tert-OH is 1. The van der Waals surface area contributed by atoms with Gasteiger partial charge in [-0.25, -0.2) is 9.67 Å². The summed E-state index contributed by atoms with van der Waals surface area (Å²) in [6.07, 6.45) is 3.15. The van der Waals surface area contributed by atoms with Crippen LogP contribution in [-0.4, -0.2) is 30.1 Å². The fraction of sp³-hybridized carbons (Fsp3) is 0.250. The van der Waals surface area contributed by atoms with Gasteiger partial charge in [-0.05, 0) is 15.9 Å². The van der Waals surface area contributed by atoms with Crippen LogP contribution in [0.4, 0.5) is 0 Å². The summed E-state index contributed by atoms with van der Waals surface area (Å²) in [7, 11) is 1.72. The lowest BCUT2D eigenvalue weighted by molar-refractivity contribution is 0.271. The molecule has 6 nitrogen and oxygen atoms in total. The second kappa shape index (κ2) is 4.03. The van der Waals surface area contributed by atoms with Gasteiger partial charge in [0, 0.05) is 7.05 Å². The molecule has 0 fully saturated rings. The molecule has 0 aliphatic carbocycles. The molecular weight excluding hydrogens is 262 g/mol. The number of aromatic nitrogens is 5. The Balaban J connectivity index is 2.49. The summed E-state index contributed by atoms with van der Waals surface area (Å²) < 4.78 is 2.17. The van der Waals surface area contributed by atoms with Crippen LogP contribution in [0.25, 0.3) is 11.4 Å². The number of rotatable bonds is 2.